The first-order valence-corrected chi connectivity index (χ1v) is 5.87. The molecule has 0 fully saturated rings. The topological polar surface area (TPSA) is 58.9 Å². The number of hydrogen-bond donors (Lipinski definition) is 1. The molecule has 0 radical (unpaired) electrons. The van der Waals surface area contributed by atoms with Gasteiger partial charge in [0, 0.05) is 0 Å². The van der Waals surface area contributed by atoms with Gasteiger partial charge in [-0.3, -0.25) is 4.79 Å². The number of unbranched alkanes of at least 4 members (excludes halogenated alkanes) is 2. The van der Waals surface area contributed by atoms with E-state index in [1.807, 2.05) is 0 Å². The van der Waals surface area contributed by atoms with Gasteiger partial charge in [-0.2, -0.15) is 0 Å². The number of oxime groups is 1. The fraction of sp³-hybridized carbons (Fsp3) is 0.833. The summed E-state index contributed by atoms with van der Waals surface area (Å²) in [6.07, 6.45) is 6.39. The van der Waals surface area contributed by atoms with Crippen LogP contribution in [-0.4, -0.2) is 24.5 Å². The predicted molar refractivity (Wildman–Crippen MR) is 63.7 cm³/mol. The lowest BCUT2D eigenvalue weighted by atomic mass is 10.00. The summed E-state index contributed by atoms with van der Waals surface area (Å²) in [5, 5.41) is 11.3. The Bertz CT molecular complexity index is 214. The van der Waals surface area contributed by atoms with Crippen LogP contribution < -0.4 is 0 Å². The lowest BCUT2D eigenvalue weighted by Crippen LogP contribution is -2.17. The third-order valence-electron chi connectivity index (χ3n) is 2.55. The van der Waals surface area contributed by atoms with Crippen LogP contribution in [0.15, 0.2) is 5.16 Å². The first kappa shape index (κ1) is 14.9. The van der Waals surface area contributed by atoms with E-state index in [1.165, 1.54) is 26.2 Å². The number of hydrogen-bond acceptors (Lipinski definition) is 4. The van der Waals surface area contributed by atoms with Crippen molar-refractivity contribution in [3.05, 3.63) is 0 Å². The summed E-state index contributed by atoms with van der Waals surface area (Å²) in [6.45, 7) is 4.41. The molecule has 0 saturated heterocycles. The molecule has 0 amide bonds. The summed E-state index contributed by atoms with van der Waals surface area (Å²) in [5.74, 6) is -0.00822. The Labute approximate surface area is 97.7 Å². The van der Waals surface area contributed by atoms with Crippen molar-refractivity contribution in [2.24, 2.45) is 17.0 Å². The number of carbonyl (C=O) groups excluding carboxylic acids is 1. The van der Waals surface area contributed by atoms with Gasteiger partial charge in [0.1, 0.15) is 0 Å². The molecule has 0 bridgehead atoms. The van der Waals surface area contributed by atoms with E-state index >= 15 is 0 Å². The summed E-state index contributed by atoms with van der Waals surface area (Å²) >= 11 is 0. The van der Waals surface area contributed by atoms with Crippen LogP contribution in [0, 0.1) is 11.8 Å². The molecule has 94 valence electrons. The fourth-order valence-corrected chi connectivity index (χ4v) is 1.58. The van der Waals surface area contributed by atoms with E-state index in [2.05, 4.69) is 23.7 Å². The van der Waals surface area contributed by atoms with E-state index < -0.39 is 5.92 Å². The zero-order valence-corrected chi connectivity index (χ0v) is 10.5. The third-order valence-corrected chi connectivity index (χ3v) is 2.55. The van der Waals surface area contributed by atoms with Gasteiger partial charge >= 0.3 is 5.97 Å². The van der Waals surface area contributed by atoms with Gasteiger partial charge in [-0.1, -0.05) is 39.5 Å². The summed E-state index contributed by atoms with van der Waals surface area (Å²) < 4.78 is 4.62. The first-order valence-electron chi connectivity index (χ1n) is 5.87. The maximum Gasteiger partial charge on any atom is 0.314 e. The third kappa shape index (κ3) is 7.26. The van der Waals surface area contributed by atoms with Crippen molar-refractivity contribution in [3.8, 4) is 0 Å². The lowest BCUT2D eigenvalue weighted by Gasteiger charge is -2.09. The van der Waals surface area contributed by atoms with Gasteiger partial charge in [-0.05, 0) is 12.3 Å². The highest BCUT2D eigenvalue weighted by Gasteiger charge is 2.16. The van der Waals surface area contributed by atoms with E-state index in [-0.39, 0.29) is 5.97 Å². The van der Waals surface area contributed by atoms with E-state index in [4.69, 9.17) is 5.21 Å². The molecule has 1 atom stereocenters. The maximum atomic E-state index is 11.2. The van der Waals surface area contributed by atoms with Crippen molar-refractivity contribution < 1.29 is 14.7 Å². The van der Waals surface area contributed by atoms with Crippen LogP contribution in [0.25, 0.3) is 0 Å². The largest absolute Gasteiger partial charge is 0.469 e. The molecule has 1 N–H and O–H groups in total. The van der Waals surface area contributed by atoms with E-state index in [0.29, 0.717) is 6.42 Å². The Balaban J connectivity index is 3.73. The van der Waals surface area contributed by atoms with Crippen molar-refractivity contribution in [2.75, 3.05) is 7.11 Å². The Kier molecular flexibility index (Phi) is 8.58. The highest BCUT2D eigenvalue weighted by atomic mass is 16.5. The van der Waals surface area contributed by atoms with Crippen molar-refractivity contribution >= 4 is 12.2 Å². The zero-order valence-electron chi connectivity index (χ0n) is 10.5. The molecule has 0 aromatic rings. The van der Waals surface area contributed by atoms with Gasteiger partial charge in [-0.25, -0.2) is 0 Å². The van der Waals surface area contributed by atoms with Crippen molar-refractivity contribution in [1.82, 2.24) is 0 Å². The van der Waals surface area contributed by atoms with Gasteiger partial charge in [0.05, 0.1) is 19.2 Å². The first-order chi connectivity index (χ1) is 7.61. The minimum absolute atomic E-state index is 0.332. The molecule has 0 spiro atoms. The second-order valence-corrected chi connectivity index (χ2v) is 4.43. The molecule has 4 nitrogen and oxygen atoms in total. The van der Waals surface area contributed by atoms with Crippen LogP contribution in [0.3, 0.4) is 0 Å². The molecule has 0 heterocycles. The Morgan fingerprint density at radius 2 is 1.94 bits per heavy atom. The molecule has 0 aromatic carbocycles. The molecule has 1 unspecified atom stereocenters. The minimum Gasteiger partial charge on any atom is -0.469 e. The van der Waals surface area contributed by atoms with Gasteiger partial charge in [0.25, 0.3) is 0 Å². The fourth-order valence-electron chi connectivity index (χ4n) is 1.58. The van der Waals surface area contributed by atoms with Gasteiger partial charge in [0.15, 0.2) is 0 Å². The van der Waals surface area contributed by atoms with Crippen molar-refractivity contribution in [1.29, 1.82) is 0 Å². The predicted octanol–water partition coefficient (Wildman–Crippen LogP) is 2.84. The Morgan fingerprint density at radius 1 is 1.31 bits per heavy atom. The smallest absolute Gasteiger partial charge is 0.314 e. The molecule has 0 aliphatic rings. The Morgan fingerprint density at radius 3 is 2.44 bits per heavy atom. The molecule has 0 saturated carbocycles. The lowest BCUT2D eigenvalue weighted by molar-refractivity contribution is -0.143. The second-order valence-electron chi connectivity index (χ2n) is 4.43. The van der Waals surface area contributed by atoms with Crippen LogP contribution in [-0.2, 0) is 9.53 Å². The average molecular weight is 229 g/mol. The highest BCUT2D eigenvalue weighted by molar-refractivity contribution is 5.89. The molecule has 0 aliphatic heterocycles. The number of esters is 1. The summed E-state index contributed by atoms with van der Waals surface area (Å²) in [4.78, 5) is 11.2. The summed E-state index contributed by atoms with van der Waals surface area (Å²) in [6, 6.07) is 0. The molecule has 16 heavy (non-hydrogen) atoms. The normalized spacial score (nSPS) is 13.2. The number of ether oxygens (including phenoxy) is 1. The van der Waals surface area contributed by atoms with Gasteiger partial charge in [-0.15, -0.1) is 5.16 Å². The number of nitrogens with zero attached hydrogens (tertiary/aromatic N) is 1. The van der Waals surface area contributed by atoms with E-state index in [0.717, 1.165) is 18.8 Å². The molecule has 0 aliphatic carbocycles. The van der Waals surface area contributed by atoms with Crippen LogP contribution in [0.2, 0.25) is 0 Å². The average Bonchev–Trinajstić information content (AvgIpc) is 2.25. The van der Waals surface area contributed by atoms with E-state index in [9.17, 15) is 4.79 Å². The number of methoxy groups -OCH3 is 1. The molecular formula is C12H23NO3. The van der Waals surface area contributed by atoms with Crippen molar-refractivity contribution in [3.63, 3.8) is 0 Å². The molecule has 4 heteroatoms. The highest BCUT2D eigenvalue weighted by Crippen LogP contribution is 2.13. The summed E-state index contributed by atoms with van der Waals surface area (Å²) in [5.41, 5.74) is 0. The monoisotopic (exact) mass is 229 g/mol. The van der Waals surface area contributed by atoms with Gasteiger partial charge < -0.3 is 9.94 Å². The number of carbonyl (C=O) groups is 1. The maximum absolute atomic E-state index is 11.2. The molecule has 0 rings (SSSR count). The minimum atomic E-state index is -0.408. The van der Waals surface area contributed by atoms with E-state index in [1.54, 1.807) is 0 Å². The second kappa shape index (κ2) is 9.19. The SMILES string of the molecule is COC(=O)C(/C=N\O)CCCCCC(C)C. The van der Waals surface area contributed by atoms with Crippen LogP contribution in [0.4, 0.5) is 0 Å². The number of rotatable bonds is 8. The van der Waals surface area contributed by atoms with Crippen molar-refractivity contribution in [2.45, 2.75) is 46.0 Å². The van der Waals surface area contributed by atoms with Crippen LogP contribution in [0.5, 0.6) is 0 Å². The standard InChI is InChI=1S/C12H23NO3/c1-10(2)7-5-4-6-8-11(9-13-15)12(14)16-3/h9-11,15H,4-8H2,1-3H3/b13-9-. The molecular weight excluding hydrogens is 206 g/mol. The zero-order chi connectivity index (χ0) is 12.4. The van der Waals surface area contributed by atoms with Crippen LogP contribution >= 0.6 is 0 Å². The summed E-state index contributed by atoms with van der Waals surface area (Å²) in [7, 11) is 1.35. The van der Waals surface area contributed by atoms with Gasteiger partial charge in [0.2, 0.25) is 0 Å². The van der Waals surface area contributed by atoms with Crippen LogP contribution in [0.1, 0.15) is 46.0 Å². The molecule has 0 aromatic heterocycles. The quantitative estimate of drug-likeness (QED) is 0.229. The Hall–Kier alpha value is -1.06.